The summed E-state index contributed by atoms with van der Waals surface area (Å²) < 4.78 is 20.7. The molecule has 124 valence electrons. The Morgan fingerprint density at radius 1 is 1.10 bits per heavy atom. The number of carbonyl (C=O) groups excluding carboxylic acids is 1. The van der Waals surface area contributed by atoms with Crippen molar-refractivity contribution in [2.24, 2.45) is 11.1 Å². The number of hydrogen-bond donors (Lipinski definition) is 1. The molecular weight excluding hydrogens is 274 g/mol. The van der Waals surface area contributed by atoms with Gasteiger partial charge in [0, 0.05) is 13.2 Å². The third-order valence-electron chi connectivity index (χ3n) is 4.01. The second-order valence-corrected chi connectivity index (χ2v) is 5.62. The number of nitrogens with two attached hydrogens (primary N) is 1. The van der Waals surface area contributed by atoms with Gasteiger partial charge in [-0.2, -0.15) is 0 Å². The summed E-state index contributed by atoms with van der Waals surface area (Å²) in [4.78, 5) is 12.1. The average Bonchev–Trinajstić information content (AvgIpc) is 2.48. The fraction of sp³-hybridized carbons (Fsp3) is 0.933. The number of esters is 1. The van der Waals surface area contributed by atoms with Crippen LogP contribution in [0.2, 0.25) is 0 Å². The molecule has 0 aromatic carbocycles. The molecule has 2 unspecified atom stereocenters. The summed E-state index contributed by atoms with van der Waals surface area (Å²) in [7, 11) is 1.63. The van der Waals surface area contributed by atoms with Crippen molar-refractivity contribution in [1.82, 2.24) is 0 Å². The zero-order chi connectivity index (χ0) is 15.6. The predicted molar refractivity (Wildman–Crippen MR) is 79.0 cm³/mol. The minimum atomic E-state index is -0.540. The third-order valence-corrected chi connectivity index (χ3v) is 4.01. The molecule has 1 saturated carbocycles. The highest BCUT2D eigenvalue weighted by Gasteiger charge is 2.42. The standard InChI is InChI=1S/C15H29NO5/c1-15(6-4-3-5-13(15)16)14(17)21-12-11-20-10-9-19-8-7-18-2/h13H,3-12,16H2,1-2H3. The van der Waals surface area contributed by atoms with Crippen molar-refractivity contribution >= 4 is 5.97 Å². The first-order valence-corrected chi connectivity index (χ1v) is 7.68. The summed E-state index contributed by atoms with van der Waals surface area (Å²) in [6.07, 6.45) is 3.83. The second kappa shape index (κ2) is 10.1. The van der Waals surface area contributed by atoms with E-state index < -0.39 is 5.41 Å². The molecule has 1 aliphatic carbocycles. The van der Waals surface area contributed by atoms with Crippen LogP contribution in [0.3, 0.4) is 0 Å². The van der Waals surface area contributed by atoms with E-state index in [2.05, 4.69) is 0 Å². The highest BCUT2D eigenvalue weighted by molar-refractivity contribution is 5.77. The molecule has 21 heavy (non-hydrogen) atoms. The summed E-state index contributed by atoms with van der Waals surface area (Å²) in [5.74, 6) is -0.199. The topological polar surface area (TPSA) is 80.0 Å². The van der Waals surface area contributed by atoms with Crippen LogP contribution in [0.1, 0.15) is 32.6 Å². The maximum atomic E-state index is 12.1. The number of carbonyl (C=O) groups is 1. The van der Waals surface area contributed by atoms with Gasteiger partial charge in [-0.15, -0.1) is 0 Å². The molecule has 0 heterocycles. The first kappa shape index (κ1) is 18.4. The number of ether oxygens (including phenoxy) is 4. The third kappa shape index (κ3) is 6.30. The Labute approximate surface area is 127 Å². The normalized spacial score (nSPS) is 25.8. The van der Waals surface area contributed by atoms with E-state index in [1.54, 1.807) is 7.11 Å². The van der Waals surface area contributed by atoms with Crippen molar-refractivity contribution in [2.75, 3.05) is 46.8 Å². The van der Waals surface area contributed by atoms with Crippen molar-refractivity contribution in [2.45, 2.75) is 38.6 Å². The minimum absolute atomic E-state index is 0.103. The van der Waals surface area contributed by atoms with Gasteiger partial charge in [-0.3, -0.25) is 4.79 Å². The smallest absolute Gasteiger partial charge is 0.313 e. The molecule has 0 aromatic heterocycles. The van der Waals surface area contributed by atoms with Crippen molar-refractivity contribution in [3.63, 3.8) is 0 Å². The van der Waals surface area contributed by atoms with Crippen LogP contribution in [0.25, 0.3) is 0 Å². The van der Waals surface area contributed by atoms with Crippen LogP contribution in [0.4, 0.5) is 0 Å². The summed E-state index contributed by atoms with van der Waals surface area (Å²) in [5.41, 5.74) is 5.53. The molecule has 0 aliphatic heterocycles. The van der Waals surface area contributed by atoms with Crippen LogP contribution < -0.4 is 5.73 Å². The lowest BCUT2D eigenvalue weighted by molar-refractivity contribution is -0.159. The molecule has 2 N–H and O–H groups in total. The van der Waals surface area contributed by atoms with E-state index in [1.807, 2.05) is 6.92 Å². The molecule has 0 bridgehead atoms. The van der Waals surface area contributed by atoms with Crippen LogP contribution in [0.5, 0.6) is 0 Å². The highest BCUT2D eigenvalue weighted by Crippen LogP contribution is 2.36. The van der Waals surface area contributed by atoms with Crippen LogP contribution in [0.15, 0.2) is 0 Å². The molecule has 1 fully saturated rings. The first-order chi connectivity index (χ1) is 10.1. The largest absolute Gasteiger partial charge is 0.463 e. The Morgan fingerprint density at radius 2 is 1.71 bits per heavy atom. The molecule has 1 rings (SSSR count). The highest BCUT2D eigenvalue weighted by atomic mass is 16.6. The Kier molecular flexibility index (Phi) is 8.84. The SMILES string of the molecule is COCCOCCOCCOC(=O)C1(C)CCCCC1N. The van der Waals surface area contributed by atoms with Crippen LogP contribution in [-0.2, 0) is 23.7 Å². The quantitative estimate of drug-likeness (QED) is 0.481. The Morgan fingerprint density at radius 3 is 2.33 bits per heavy atom. The monoisotopic (exact) mass is 303 g/mol. The molecule has 1 aliphatic rings. The molecule has 0 spiro atoms. The molecule has 6 nitrogen and oxygen atoms in total. The summed E-state index contributed by atoms with van der Waals surface area (Å²) >= 11 is 0. The molecule has 0 radical (unpaired) electrons. The molecular formula is C15H29NO5. The number of rotatable bonds is 10. The average molecular weight is 303 g/mol. The van der Waals surface area contributed by atoms with Crippen molar-refractivity contribution in [3.05, 3.63) is 0 Å². The van der Waals surface area contributed by atoms with Gasteiger partial charge in [0.05, 0.1) is 38.4 Å². The number of hydrogen-bond acceptors (Lipinski definition) is 6. The zero-order valence-corrected chi connectivity index (χ0v) is 13.3. The maximum Gasteiger partial charge on any atom is 0.313 e. The van der Waals surface area contributed by atoms with Crippen LogP contribution >= 0.6 is 0 Å². The molecule has 2 atom stereocenters. The first-order valence-electron chi connectivity index (χ1n) is 7.68. The van der Waals surface area contributed by atoms with Crippen molar-refractivity contribution in [1.29, 1.82) is 0 Å². The van der Waals surface area contributed by atoms with Crippen LogP contribution in [-0.4, -0.2) is 58.8 Å². The van der Waals surface area contributed by atoms with Gasteiger partial charge < -0.3 is 24.7 Å². The van der Waals surface area contributed by atoms with E-state index in [0.29, 0.717) is 33.0 Å². The van der Waals surface area contributed by atoms with Gasteiger partial charge in [0.15, 0.2) is 0 Å². The van der Waals surface area contributed by atoms with E-state index >= 15 is 0 Å². The number of methoxy groups -OCH3 is 1. The summed E-state index contributed by atoms with van der Waals surface area (Å²) in [5, 5.41) is 0. The van der Waals surface area contributed by atoms with E-state index in [-0.39, 0.29) is 18.6 Å². The molecule has 0 aromatic rings. The van der Waals surface area contributed by atoms with E-state index in [0.717, 1.165) is 25.7 Å². The van der Waals surface area contributed by atoms with Crippen molar-refractivity contribution < 1.29 is 23.7 Å². The van der Waals surface area contributed by atoms with E-state index in [4.69, 9.17) is 24.7 Å². The molecule has 6 heteroatoms. The van der Waals surface area contributed by atoms with Crippen molar-refractivity contribution in [3.8, 4) is 0 Å². The minimum Gasteiger partial charge on any atom is -0.463 e. The lowest BCUT2D eigenvalue weighted by Crippen LogP contribution is -2.48. The predicted octanol–water partition coefficient (Wildman–Crippen LogP) is 1.12. The van der Waals surface area contributed by atoms with Gasteiger partial charge in [0.2, 0.25) is 0 Å². The lowest BCUT2D eigenvalue weighted by Gasteiger charge is -2.36. The lowest BCUT2D eigenvalue weighted by atomic mass is 9.72. The van der Waals surface area contributed by atoms with Crippen LogP contribution in [0, 0.1) is 5.41 Å². The second-order valence-electron chi connectivity index (χ2n) is 5.62. The van der Waals surface area contributed by atoms with Gasteiger partial charge in [0.1, 0.15) is 6.61 Å². The zero-order valence-electron chi connectivity index (χ0n) is 13.3. The summed E-state index contributed by atoms with van der Waals surface area (Å²) in [6.45, 7) is 4.69. The Hall–Kier alpha value is -0.690. The van der Waals surface area contributed by atoms with Gasteiger partial charge in [0.25, 0.3) is 0 Å². The Balaban J connectivity index is 2.05. The van der Waals surface area contributed by atoms with Gasteiger partial charge >= 0.3 is 5.97 Å². The fourth-order valence-electron chi connectivity index (χ4n) is 2.44. The van der Waals surface area contributed by atoms with E-state index in [1.165, 1.54) is 0 Å². The van der Waals surface area contributed by atoms with E-state index in [9.17, 15) is 4.79 Å². The maximum absolute atomic E-state index is 12.1. The van der Waals surface area contributed by atoms with Gasteiger partial charge in [-0.25, -0.2) is 0 Å². The van der Waals surface area contributed by atoms with Gasteiger partial charge in [-0.05, 0) is 19.8 Å². The summed E-state index contributed by atoms with van der Waals surface area (Å²) in [6, 6.07) is -0.103. The molecule has 0 saturated heterocycles. The Bertz CT molecular complexity index is 300. The fourth-order valence-corrected chi connectivity index (χ4v) is 2.44. The molecule has 0 amide bonds. The van der Waals surface area contributed by atoms with Gasteiger partial charge in [-0.1, -0.05) is 12.8 Å².